The number of aryl methyl sites for hydroxylation is 1. The first kappa shape index (κ1) is 24.4. The summed E-state index contributed by atoms with van der Waals surface area (Å²) in [6.07, 6.45) is -1.40. The maximum Gasteiger partial charge on any atom is 0.422 e. The fourth-order valence-electron chi connectivity index (χ4n) is 3.84. The summed E-state index contributed by atoms with van der Waals surface area (Å²) in [5.74, 6) is 0.664. The van der Waals surface area contributed by atoms with Gasteiger partial charge in [0.2, 0.25) is 5.91 Å². The lowest BCUT2D eigenvalue weighted by Gasteiger charge is -2.32. The van der Waals surface area contributed by atoms with Crippen LogP contribution in [0.4, 0.5) is 13.2 Å². The lowest BCUT2D eigenvalue weighted by atomic mass is 9.98. The van der Waals surface area contributed by atoms with Crippen LogP contribution in [0, 0.1) is 5.92 Å². The van der Waals surface area contributed by atoms with Gasteiger partial charge in [-0.05, 0) is 60.9 Å². The molecule has 1 fully saturated rings. The molecular formula is C23H29F3N2O3S. The lowest BCUT2D eigenvalue weighted by Crippen LogP contribution is -2.40. The Morgan fingerprint density at radius 2 is 2.12 bits per heavy atom. The van der Waals surface area contributed by atoms with Gasteiger partial charge in [0, 0.05) is 30.9 Å². The molecule has 1 amide bonds. The zero-order chi connectivity index (χ0) is 23.0. The second-order valence-electron chi connectivity index (χ2n) is 8.02. The molecule has 1 aliphatic heterocycles. The van der Waals surface area contributed by atoms with E-state index in [-0.39, 0.29) is 17.4 Å². The predicted molar refractivity (Wildman–Crippen MR) is 118 cm³/mol. The summed E-state index contributed by atoms with van der Waals surface area (Å²) >= 11 is 1.77. The van der Waals surface area contributed by atoms with Gasteiger partial charge in [0.15, 0.2) is 18.1 Å². The van der Waals surface area contributed by atoms with Gasteiger partial charge in [0.25, 0.3) is 0 Å². The molecule has 1 aromatic heterocycles. The minimum atomic E-state index is -4.42. The Balaban J connectivity index is 1.41. The second-order valence-corrected chi connectivity index (χ2v) is 9.05. The minimum absolute atomic E-state index is 0.0300. The third-order valence-electron chi connectivity index (χ3n) is 5.41. The summed E-state index contributed by atoms with van der Waals surface area (Å²) in [5, 5.41) is 5.13. The second kappa shape index (κ2) is 11.6. The van der Waals surface area contributed by atoms with Crippen molar-refractivity contribution in [3.8, 4) is 11.5 Å². The molecule has 0 radical (unpaired) electrons. The number of likely N-dealkylation sites (tertiary alicyclic amines) is 1. The molecule has 1 saturated heterocycles. The van der Waals surface area contributed by atoms with Crippen molar-refractivity contribution in [2.45, 2.75) is 38.4 Å². The molecule has 5 nitrogen and oxygen atoms in total. The molecule has 1 atom stereocenters. The van der Waals surface area contributed by atoms with Gasteiger partial charge in [-0.1, -0.05) is 12.1 Å². The molecule has 2 heterocycles. The number of alkyl halides is 3. The molecule has 0 aliphatic carbocycles. The summed E-state index contributed by atoms with van der Waals surface area (Å²) in [6, 6.07) is 8.94. The van der Waals surface area contributed by atoms with E-state index in [9.17, 15) is 18.0 Å². The van der Waals surface area contributed by atoms with E-state index in [2.05, 4.69) is 27.7 Å². The van der Waals surface area contributed by atoms with Gasteiger partial charge in [-0.2, -0.15) is 13.2 Å². The Morgan fingerprint density at radius 1 is 1.28 bits per heavy atom. The van der Waals surface area contributed by atoms with E-state index < -0.39 is 12.8 Å². The number of amides is 1. The molecule has 1 aliphatic rings. The van der Waals surface area contributed by atoms with Crippen LogP contribution in [0.1, 0.15) is 29.7 Å². The average molecular weight is 471 g/mol. The highest BCUT2D eigenvalue weighted by molar-refractivity contribution is 7.09. The zero-order valence-corrected chi connectivity index (χ0v) is 18.9. The molecule has 0 bridgehead atoms. The SMILES string of the molecule is COc1cc(CCC(=O)NCC2CCCN(Cc3cccs3)C2)ccc1OCC(F)(F)F. The highest BCUT2D eigenvalue weighted by Crippen LogP contribution is 2.30. The number of nitrogens with zero attached hydrogens (tertiary/aromatic N) is 1. The third kappa shape index (κ3) is 8.02. The van der Waals surface area contributed by atoms with Crippen molar-refractivity contribution in [2.75, 3.05) is 33.4 Å². The average Bonchev–Trinajstić information content (AvgIpc) is 3.27. The van der Waals surface area contributed by atoms with Gasteiger partial charge < -0.3 is 14.8 Å². The molecule has 0 saturated carbocycles. The number of rotatable bonds is 10. The topological polar surface area (TPSA) is 50.8 Å². The fraction of sp³-hybridized carbons (Fsp3) is 0.522. The molecule has 3 rings (SSSR count). The van der Waals surface area contributed by atoms with Crippen molar-refractivity contribution in [1.82, 2.24) is 10.2 Å². The van der Waals surface area contributed by atoms with Crippen LogP contribution in [-0.2, 0) is 17.8 Å². The maximum atomic E-state index is 12.4. The first-order valence-electron chi connectivity index (χ1n) is 10.7. The van der Waals surface area contributed by atoms with Gasteiger partial charge in [-0.25, -0.2) is 0 Å². The summed E-state index contributed by atoms with van der Waals surface area (Å²) in [6.45, 7) is 2.32. The smallest absolute Gasteiger partial charge is 0.422 e. The largest absolute Gasteiger partial charge is 0.493 e. The highest BCUT2D eigenvalue weighted by atomic mass is 32.1. The Hall–Kier alpha value is -2.26. The van der Waals surface area contributed by atoms with Crippen LogP contribution in [0.15, 0.2) is 35.7 Å². The molecule has 1 unspecified atom stereocenters. The lowest BCUT2D eigenvalue weighted by molar-refractivity contribution is -0.153. The number of benzene rings is 1. The van der Waals surface area contributed by atoms with E-state index in [1.807, 2.05) is 0 Å². The van der Waals surface area contributed by atoms with E-state index in [0.717, 1.165) is 38.0 Å². The Kier molecular flexibility index (Phi) is 8.81. The first-order valence-corrected chi connectivity index (χ1v) is 11.6. The van der Waals surface area contributed by atoms with Crippen molar-refractivity contribution in [2.24, 2.45) is 5.92 Å². The Morgan fingerprint density at radius 3 is 2.84 bits per heavy atom. The molecule has 0 spiro atoms. The normalized spacial score (nSPS) is 17.2. The van der Waals surface area contributed by atoms with Crippen LogP contribution in [0.2, 0.25) is 0 Å². The maximum absolute atomic E-state index is 12.4. The van der Waals surface area contributed by atoms with Gasteiger partial charge >= 0.3 is 6.18 Å². The molecule has 1 N–H and O–H groups in total. The number of methoxy groups -OCH3 is 1. The number of carbonyl (C=O) groups is 1. The number of halogens is 3. The van der Waals surface area contributed by atoms with Crippen LogP contribution in [0.25, 0.3) is 0 Å². The number of carbonyl (C=O) groups excluding carboxylic acids is 1. The van der Waals surface area contributed by atoms with Gasteiger partial charge in [0.05, 0.1) is 7.11 Å². The Labute approximate surface area is 190 Å². The van der Waals surface area contributed by atoms with Crippen LogP contribution >= 0.6 is 11.3 Å². The van der Waals surface area contributed by atoms with Crippen LogP contribution in [-0.4, -0.2) is 50.3 Å². The van der Waals surface area contributed by atoms with Crippen molar-refractivity contribution in [3.63, 3.8) is 0 Å². The number of piperidine rings is 1. The van der Waals surface area contributed by atoms with E-state index in [0.29, 0.717) is 25.3 Å². The first-order chi connectivity index (χ1) is 15.3. The standard InChI is InChI=1S/C23H29F3N2O3S/c1-30-21-12-17(6-8-20(21)31-16-23(24,25)26)7-9-22(29)27-13-18-4-2-10-28(14-18)15-19-5-3-11-32-19/h3,5-6,8,11-12,18H,2,4,7,9-10,13-16H2,1H3,(H,27,29). The van der Waals surface area contributed by atoms with Gasteiger partial charge in [-0.3, -0.25) is 9.69 Å². The number of thiophene rings is 1. The number of nitrogens with one attached hydrogen (secondary N) is 1. The van der Waals surface area contributed by atoms with Crippen molar-refractivity contribution in [3.05, 3.63) is 46.2 Å². The molecule has 1 aromatic carbocycles. The summed E-state index contributed by atoms with van der Waals surface area (Å²) in [7, 11) is 1.37. The quantitative estimate of drug-likeness (QED) is 0.549. The minimum Gasteiger partial charge on any atom is -0.493 e. The van der Waals surface area contributed by atoms with E-state index in [4.69, 9.17) is 9.47 Å². The monoisotopic (exact) mass is 470 g/mol. The molecule has 176 valence electrons. The van der Waals surface area contributed by atoms with Crippen molar-refractivity contribution >= 4 is 17.2 Å². The number of hydrogen-bond donors (Lipinski definition) is 1. The Bertz CT molecular complexity index is 859. The van der Waals surface area contributed by atoms with Crippen molar-refractivity contribution in [1.29, 1.82) is 0 Å². The van der Waals surface area contributed by atoms with Gasteiger partial charge in [-0.15, -0.1) is 11.3 Å². The van der Waals surface area contributed by atoms with Crippen LogP contribution in [0.3, 0.4) is 0 Å². The summed E-state index contributed by atoms with van der Waals surface area (Å²) in [5.41, 5.74) is 0.802. The molecule has 9 heteroatoms. The van der Waals surface area contributed by atoms with Gasteiger partial charge in [0.1, 0.15) is 0 Å². The molecular weight excluding hydrogens is 441 g/mol. The number of ether oxygens (including phenoxy) is 2. The van der Waals surface area contributed by atoms with E-state index in [1.54, 1.807) is 23.5 Å². The highest BCUT2D eigenvalue weighted by Gasteiger charge is 2.29. The third-order valence-corrected chi connectivity index (χ3v) is 6.27. The fourth-order valence-corrected chi connectivity index (χ4v) is 4.58. The summed E-state index contributed by atoms with van der Waals surface area (Å²) in [4.78, 5) is 16.1. The van der Waals surface area contributed by atoms with Crippen LogP contribution in [0.5, 0.6) is 11.5 Å². The van der Waals surface area contributed by atoms with E-state index >= 15 is 0 Å². The van der Waals surface area contributed by atoms with Crippen molar-refractivity contribution < 1.29 is 27.4 Å². The predicted octanol–water partition coefficient (Wildman–Crippen LogP) is 4.66. The molecule has 2 aromatic rings. The number of hydrogen-bond acceptors (Lipinski definition) is 5. The summed E-state index contributed by atoms with van der Waals surface area (Å²) < 4.78 is 47.0. The van der Waals surface area contributed by atoms with E-state index in [1.165, 1.54) is 18.1 Å². The van der Waals surface area contributed by atoms with Crippen LogP contribution < -0.4 is 14.8 Å². The zero-order valence-electron chi connectivity index (χ0n) is 18.1. The molecule has 32 heavy (non-hydrogen) atoms.